The highest BCUT2D eigenvalue weighted by molar-refractivity contribution is 6.10. The van der Waals surface area contributed by atoms with Gasteiger partial charge in [-0.25, -0.2) is 4.79 Å². The summed E-state index contributed by atoms with van der Waals surface area (Å²) in [6, 6.07) is 9.78. The minimum Gasteiger partial charge on any atom is -0.464 e. The molecule has 0 amide bonds. The Labute approximate surface area is 131 Å². The summed E-state index contributed by atoms with van der Waals surface area (Å²) in [7, 11) is 0. The lowest BCUT2D eigenvalue weighted by Gasteiger charge is -2.28. The standard InChI is InChI=1S/C18H23NO3/c1-2-22-17(20)18(21,16-12-6-7-14-19-16)13-8-11-15-9-4-3-5-10-15/h3-5,8-11,21H,2,6-7,12-14H2,1H3/b11-8+. The van der Waals surface area contributed by atoms with Gasteiger partial charge in [0.05, 0.1) is 12.3 Å². The van der Waals surface area contributed by atoms with Gasteiger partial charge < -0.3 is 9.84 Å². The Balaban J connectivity index is 2.15. The van der Waals surface area contributed by atoms with Gasteiger partial charge in [0.1, 0.15) is 0 Å². The first-order chi connectivity index (χ1) is 10.7. The Kier molecular flexibility index (Phi) is 5.90. The van der Waals surface area contributed by atoms with Crippen LogP contribution in [0.3, 0.4) is 0 Å². The predicted octanol–water partition coefficient (Wildman–Crippen LogP) is 3.01. The van der Waals surface area contributed by atoms with E-state index in [1.165, 1.54) is 0 Å². The molecule has 0 saturated carbocycles. The van der Waals surface area contributed by atoms with Crippen molar-refractivity contribution in [2.75, 3.05) is 13.2 Å². The Morgan fingerprint density at radius 3 is 2.77 bits per heavy atom. The molecule has 0 saturated heterocycles. The normalized spacial score (nSPS) is 17.8. The van der Waals surface area contributed by atoms with Crippen LogP contribution in [0.25, 0.3) is 6.08 Å². The zero-order chi connectivity index (χ0) is 15.8. The average molecular weight is 301 g/mol. The largest absolute Gasteiger partial charge is 0.464 e. The molecule has 1 aromatic rings. The van der Waals surface area contributed by atoms with E-state index in [1.54, 1.807) is 6.92 Å². The molecule has 22 heavy (non-hydrogen) atoms. The molecule has 2 rings (SSSR count). The summed E-state index contributed by atoms with van der Waals surface area (Å²) >= 11 is 0. The zero-order valence-electron chi connectivity index (χ0n) is 13.0. The van der Waals surface area contributed by atoms with Gasteiger partial charge in [0.15, 0.2) is 0 Å². The summed E-state index contributed by atoms with van der Waals surface area (Å²) in [4.78, 5) is 16.6. The molecule has 0 spiro atoms. The number of carbonyl (C=O) groups is 1. The van der Waals surface area contributed by atoms with E-state index in [-0.39, 0.29) is 13.0 Å². The summed E-state index contributed by atoms with van der Waals surface area (Å²) in [5.74, 6) is -0.603. The van der Waals surface area contributed by atoms with Crippen LogP contribution in [0.15, 0.2) is 41.4 Å². The molecule has 118 valence electrons. The fourth-order valence-electron chi connectivity index (χ4n) is 2.53. The molecule has 1 aliphatic heterocycles. The first-order valence-corrected chi connectivity index (χ1v) is 7.82. The van der Waals surface area contributed by atoms with Crippen molar-refractivity contribution in [3.05, 3.63) is 42.0 Å². The van der Waals surface area contributed by atoms with E-state index in [9.17, 15) is 9.90 Å². The van der Waals surface area contributed by atoms with Crippen molar-refractivity contribution >= 4 is 17.8 Å². The molecule has 1 unspecified atom stereocenters. The van der Waals surface area contributed by atoms with Crippen LogP contribution in [0.5, 0.6) is 0 Å². The van der Waals surface area contributed by atoms with Crippen LogP contribution in [-0.2, 0) is 9.53 Å². The van der Waals surface area contributed by atoms with Crippen molar-refractivity contribution in [1.29, 1.82) is 0 Å². The van der Waals surface area contributed by atoms with Crippen LogP contribution >= 0.6 is 0 Å². The minimum atomic E-state index is -1.64. The molecular weight excluding hydrogens is 278 g/mol. The van der Waals surface area contributed by atoms with Crippen molar-refractivity contribution in [2.24, 2.45) is 4.99 Å². The number of nitrogens with zero attached hydrogens (tertiary/aromatic N) is 1. The lowest BCUT2D eigenvalue weighted by atomic mass is 9.88. The van der Waals surface area contributed by atoms with Crippen molar-refractivity contribution < 1.29 is 14.6 Å². The smallest absolute Gasteiger partial charge is 0.344 e. The number of ether oxygens (including phenoxy) is 1. The van der Waals surface area contributed by atoms with Crippen LogP contribution in [0.4, 0.5) is 0 Å². The maximum absolute atomic E-state index is 12.2. The topological polar surface area (TPSA) is 58.9 Å². The lowest BCUT2D eigenvalue weighted by Crippen LogP contribution is -2.48. The first kappa shape index (κ1) is 16.4. The molecule has 0 bridgehead atoms. The van der Waals surface area contributed by atoms with E-state index in [2.05, 4.69) is 4.99 Å². The summed E-state index contributed by atoms with van der Waals surface area (Å²) in [6.45, 7) is 2.65. The third-order valence-corrected chi connectivity index (χ3v) is 3.74. The van der Waals surface area contributed by atoms with Gasteiger partial charge in [0.25, 0.3) is 0 Å². The number of aliphatic hydroxyl groups is 1. The van der Waals surface area contributed by atoms with E-state index in [4.69, 9.17) is 4.74 Å². The molecule has 1 N–H and O–H groups in total. The van der Waals surface area contributed by atoms with Gasteiger partial charge in [-0.15, -0.1) is 0 Å². The van der Waals surface area contributed by atoms with Crippen LogP contribution in [0, 0.1) is 0 Å². The van der Waals surface area contributed by atoms with Gasteiger partial charge in [0, 0.05) is 13.0 Å². The second kappa shape index (κ2) is 7.90. The number of benzene rings is 1. The quantitative estimate of drug-likeness (QED) is 0.822. The molecule has 1 aliphatic rings. The maximum Gasteiger partial charge on any atom is 0.344 e. The number of hydrogen-bond acceptors (Lipinski definition) is 4. The Bertz CT molecular complexity index is 551. The number of aliphatic imine (C=N–C) groups is 1. The van der Waals surface area contributed by atoms with E-state index < -0.39 is 11.6 Å². The van der Waals surface area contributed by atoms with Crippen molar-refractivity contribution in [1.82, 2.24) is 0 Å². The molecule has 0 radical (unpaired) electrons. The molecule has 1 aromatic carbocycles. The third-order valence-electron chi connectivity index (χ3n) is 3.74. The van der Waals surface area contributed by atoms with Crippen LogP contribution in [0.1, 0.15) is 38.2 Å². The Morgan fingerprint density at radius 2 is 2.14 bits per heavy atom. The summed E-state index contributed by atoms with van der Waals surface area (Å²) < 4.78 is 5.06. The van der Waals surface area contributed by atoms with E-state index in [0.29, 0.717) is 18.7 Å². The number of hydrogen-bond donors (Lipinski definition) is 1. The SMILES string of the molecule is CCOC(=O)C(O)(C/C=C/c1ccccc1)C1=NCCCC1. The maximum atomic E-state index is 12.2. The van der Waals surface area contributed by atoms with Gasteiger partial charge in [0.2, 0.25) is 5.60 Å². The Hall–Kier alpha value is -1.94. The Morgan fingerprint density at radius 1 is 1.36 bits per heavy atom. The van der Waals surface area contributed by atoms with Gasteiger partial charge in [-0.1, -0.05) is 42.5 Å². The van der Waals surface area contributed by atoms with Crippen LogP contribution in [-0.4, -0.2) is 35.5 Å². The predicted molar refractivity (Wildman–Crippen MR) is 87.8 cm³/mol. The van der Waals surface area contributed by atoms with E-state index in [0.717, 1.165) is 18.4 Å². The molecule has 0 aromatic heterocycles. The van der Waals surface area contributed by atoms with Crippen molar-refractivity contribution in [3.63, 3.8) is 0 Å². The fourth-order valence-corrected chi connectivity index (χ4v) is 2.53. The number of carbonyl (C=O) groups excluding carboxylic acids is 1. The first-order valence-electron chi connectivity index (χ1n) is 7.82. The molecule has 0 fully saturated rings. The lowest BCUT2D eigenvalue weighted by molar-refractivity contribution is -0.157. The third kappa shape index (κ3) is 4.04. The van der Waals surface area contributed by atoms with Crippen molar-refractivity contribution in [3.8, 4) is 0 Å². The molecule has 4 heteroatoms. The minimum absolute atomic E-state index is 0.180. The second-order valence-electron chi connectivity index (χ2n) is 5.38. The molecule has 1 heterocycles. The van der Waals surface area contributed by atoms with Gasteiger partial charge in [-0.05, 0) is 31.7 Å². The van der Waals surface area contributed by atoms with Crippen LogP contribution in [0.2, 0.25) is 0 Å². The fraction of sp³-hybridized carbons (Fsp3) is 0.444. The van der Waals surface area contributed by atoms with Gasteiger partial charge in [-0.3, -0.25) is 4.99 Å². The molecule has 1 atom stereocenters. The zero-order valence-corrected chi connectivity index (χ0v) is 13.0. The molecular formula is C18H23NO3. The molecule has 0 aliphatic carbocycles. The van der Waals surface area contributed by atoms with E-state index >= 15 is 0 Å². The highest BCUT2D eigenvalue weighted by Crippen LogP contribution is 2.23. The van der Waals surface area contributed by atoms with E-state index in [1.807, 2.05) is 42.5 Å². The monoisotopic (exact) mass is 301 g/mol. The van der Waals surface area contributed by atoms with Crippen molar-refractivity contribution in [2.45, 2.75) is 38.2 Å². The summed E-state index contributed by atoms with van der Waals surface area (Å²) in [5.41, 5.74) is -0.0592. The number of rotatable bonds is 6. The van der Waals surface area contributed by atoms with Gasteiger partial charge in [-0.2, -0.15) is 0 Å². The highest BCUT2D eigenvalue weighted by Gasteiger charge is 2.42. The molecule has 4 nitrogen and oxygen atoms in total. The second-order valence-corrected chi connectivity index (χ2v) is 5.38. The van der Waals surface area contributed by atoms with Gasteiger partial charge >= 0.3 is 5.97 Å². The number of esters is 1. The summed E-state index contributed by atoms with van der Waals surface area (Å²) in [6.07, 6.45) is 6.48. The average Bonchev–Trinajstić information content (AvgIpc) is 2.56. The van der Waals surface area contributed by atoms with Crippen LogP contribution < -0.4 is 0 Å². The summed E-state index contributed by atoms with van der Waals surface area (Å²) in [5, 5.41) is 10.9. The highest BCUT2D eigenvalue weighted by atomic mass is 16.5.